The number of piperidine rings is 1. The molecule has 0 spiro atoms. The molecule has 1 aromatic rings. The van der Waals surface area contributed by atoms with Gasteiger partial charge in [0, 0.05) is 25.4 Å². The Balaban J connectivity index is 2.08. The van der Waals surface area contributed by atoms with Crippen LogP contribution >= 0.6 is 0 Å². The Kier molecular flexibility index (Phi) is 3.39. The Morgan fingerprint density at radius 2 is 2.12 bits per heavy atom. The van der Waals surface area contributed by atoms with Gasteiger partial charge in [-0.3, -0.25) is 4.79 Å². The first-order chi connectivity index (χ1) is 7.66. The van der Waals surface area contributed by atoms with E-state index in [1.165, 1.54) is 16.7 Å². The lowest BCUT2D eigenvalue weighted by Crippen LogP contribution is -2.37. The van der Waals surface area contributed by atoms with Gasteiger partial charge in [0.05, 0.1) is 0 Å². The predicted octanol–water partition coefficient (Wildman–Crippen LogP) is 2.02. The highest BCUT2D eigenvalue weighted by atomic mass is 16.1. The Bertz CT molecular complexity index is 398. The van der Waals surface area contributed by atoms with Crippen LogP contribution in [0, 0.1) is 19.8 Å². The van der Waals surface area contributed by atoms with E-state index in [0.29, 0.717) is 12.2 Å². The minimum absolute atomic E-state index is 0.177. The number of hydrogen-bond donors (Lipinski definition) is 1. The standard InChI is InChI=1S/C14H19NO/c1-10-3-4-12(7-11(10)2)8-13-9-15-6-5-14(13)16/h3-4,7,13,15H,5-6,8-9H2,1-2H3. The second-order valence-electron chi connectivity index (χ2n) is 4.74. The zero-order valence-corrected chi connectivity index (χ0v) is 10.0. The number of hydrogen-bond acceptors (Lipinski definition) is 2. The van der Waals surface area contributed by atoms with Gasteiger partial charge in [0.25, 0.3) is 0 Å². The fourth-order valence-electron chi connectivity index (χ4n) is 2.21. The van der Waals surface area contributed by atoms with E-state index in [-0.39, 0.29) is 5.92 Å². The van der Waals surface area contributed by atoms with E-state index in [1.807, 2.05) is 0 Å². The summed E-state index contributed by atoms with van der Waals surface area (Å²) < 4.78 is 0. The Labute approximate surface area is 97.1 Å². The summed E-state index contributed by atoms with van der Waals surface area (Å²) in [7, 11) is 0. The van der Waals surface area contributed by atoms with Crippen molar-refractivity contribution in [3.05, 3.63) is 34.9 Å². The quantitative estimate of drug-likeness (QED) is 0.821. The van der Waals surface area contributed by atoms with Gasteiger partial charge in [-0.25, -0.2) is 0 Å². The van der Waals surface area contributed by atoms with Gasteiger partial charge in [-0.15, -0.1) is 0 Å². The highest BCUT2D eigenvalue weighted by Crippen LogP contribution is 2.16. The lowest BCUT2D eigenvalue weighted by Gasteiger charge is -2.21. The molecule has 16 heavy (non-hydrogen) atoms. The highest BCUT2D eigenvalue weighted by Gasteiger charge is 2.21. The molecule has 1 N–H and O–H groups in total. The molecule has 1 heterocycles. The molecule has 2 heteroatoms. The molecule has 1 aliphatic heterocycles. The van der Waals surface area contributed by atoms with Crippen LogP contribution in [-0.4, -0.2) is 18.9 Å². The summed E-state index contributed by atoms with van der Waals surface area (Å²) in [6.45, 7) is 5.93. The SMILES string of the molecule is Cc1ccc(CC2CNCCC2=O)cc1C. The van der Waals surface area contributed by atoms with Gasteiger partial charge >= 0.3 is 0 Å². The zero-order valence-electron chi connectivity index (χ0n) is 10.0. The second-order valence-corrected chi connectivity index (χ2v) is 4.74. The summed E-state index contributed by atoms with van der Waals surface area (Å²) in [5.41, 5.74) is 3.91. The van der Waals surface area contributed by atoms with Crippen molar-refractivity contribution in [2.45, 2.75) is 26.7 Å². The lowest BCUT2D eigenvalue weighted by molar-refractivity contribution is -0.123. The van der Waals surface area contributed by atoms with Crippen molar-refractivity contribution in [1.29, 1.82) is 0 Å². The maximum absolute atomic E-state index is 11.7. The van der Waals surface area contributed by atoms with E-state index < -0.39 is 0 Å². The van der Waals surface area contributed by atoms with Gasteiger partial charge in [-0.1, -0.05) is 18.2 Å². The number of rotatable bonds is 2. The molecule has 86 valence electrons. The van der Waals surface area contributed by atoms with Crippen LogP contribution in [0.2, 0.25) is 0 Å². The fraction of sp³-hybridized carbons (Fsp3) is 0.500. The number of benzene rings is 1. The average molecular weight is 217 g/mol. The zero-order chi connectivity index (χ0) is 11.5. The van der Waals surface area contributed by atoms with Crippen LogP contribution in [0.25, 0.3) is 0 Å². The van der Waals surface area contributed by atoms with Crippen LogP contribution in [-0.2, 0) is 11.2 Å². The highest BCUT2D eigenvalue weighted by molar-refractivity contribution is 5.82. The molecule has 1 unspecified atom stereocenters. The van der Waals surface area contributed by atoms with Crippen LogP contribution in [0.4, 0.5) is 0 Å². The van der Waals surface area contributed by atoms with Crippen molar-refractivity contribution in [1.82, 2.24) is 5.32 Å². The van der Waals surface area contributed by atoms with Crippen molar-refractivity contribution in [3.8, 4) is 0 Å². The topological polar surface area (TPSA) is 29.1 Å². The number of Topliss-reactive ketones (excluding diaryl/α,β-unsaturated/α-hetero) is 1. The Hall–Kier alpha value is -1.15. The van der Waals surface area contributed by atoms with E-state index in [2.05, 4.69) is 37.4 Å². The number of nitrogens with one attached hydrogen (secondary N) is 1. The third-order valence-electron chi connectivity index (χ3n) is 3.45. The molecule has 2 rings (SSSR count). The van der Waals surface area contributed by atoms with Gasteiger partial charge in [-0.2, -0.15) is 0 Å². The summed E-state index contributed by atoms with van der Waals surface area (Å²) in [6, 6.07) is 6.49. The summed E-state index contributed by atoms with van der Waals surface area (Å²) in [4.78, 5) is 11.7. The molecule has 1 saturated heterocycles. The average Bonchev–Trinajstić information content (AvgIpc) is 2.27. The maximum atomic E-state index is 11.7. The lowest BCUT2D eigenvalue weighted by atomic mass is 9.90. The molecular formula is C14H19NO. The minimum Gasteiger partial charge on any atom is -0.316 e. The monoisotopic (exact) mass is 217 g/mol. The van der Waals surface area contributed by atoms with Gasteiger partial charge in [0.2, 0.25) is 0 Å². The largest absolute Gasteiger partial charge is 0.316 e. The molecule has 0 aromatic heterocycles. The van der Waals surface area contributed by atoms with E-state index >= 15 is 0 Å². The predicted molar refractivity (Wildman–Crippen MR) is 65.6 cm³/mol. The van der Waals surface area contributed by atoms with Gasteiger partial charge in [0.15, 0.2) is 0 Å². The number of aryl methyl sites for hydroxylation is 2. The number of carbonyl (C=O) groups is 1. The Morgan fingerprint density at radius 3 is 2.81 bits per heavy atom. The van der Waals surface area contributed by atoms with Gasteiger partial charge < -0.3 is 5.32 Å². The van der Waals surface area contributed by atoms with Crippen molar-refractivity contribution in [3.63, 3.8) is 0 Å². The van der Waals surface area contributed by atoms with Crippen molar-refractivity contribution >= 4 is 5.78 Å². The second kappa shape index (κ2) is 4.79. The molecule has 0 amide bonds. The van der Waals surface area contributed by atoms with Crippen LogP contribution < -0.4 is 5.32 Å². The molecule has 0 bridgehead atoms. The van der Waals surface area contributed by atoms with E-state index in [4.69, 9.17) is 0 Å². The number of carbonyl (C=O) groups excluding carboxylic acids is 1. The molecule has 0 saturated carbocycles. The summed E-state index contributed by atoms with van der Waals surface area (Å²) in [5.74, 6) is 0.591. The fourth-order valence-corrected chi connectivity index (χ4v) is 2.21. The summed E-state index contributed by atoms with van der Waals surface area (Å²) in [5, 5.41) is 3.29. The minimum atomic E-state index is 0.177. The van der Waals surface area contributed by atoms with Crippen LogP contribution in [0.15, 0.2) is 18.2 Å². The maximum Gasteiger partial charge on any atom is 0.138 e. The Morgan fingerprint density at radius 1 is 1.31 bits per heavy atom. The van der Waals surface area contributed by atoms with Crippen LogP contribution in [0.1, 0.15) is 23.1 Å². The number of ketones is 1. The normalized spacial score (nSPS) is 21.1. The first-order valence-corrected chi connectivity index (χ1v) is 5.96. The van der Waals surface area contributed by atoms with Crippen molar-refractivity contribution < 1.29 is 4.79 Å². The molecule has 0 radical (unpaired) electrons. The molecule has 0 aliphatic carbocycles. The van der Waals surface area contributed by atoms with E-state index in [9.17, 15) is 4.79 Å². The summed E-state index contributed by atoms with van der Waals surface area (Å²) >= 11 is 0. The molecule has 2 nitrogen and oxygen atoms in total. The van der Waals surface area contributed by atoms with Crippen LogP contribution in [0.3, 0.4) is 0 Å². The summed E-state index contributed by atoms with van der Waals surface area (Å²) in [6.07, 6.45) is 1.57. The molecule has 1 fully saturated rings. The third kappa shape index (κ3) is 2.50. The third-order valence-corrected chi connectivity index (χ3v) is 3.45. The molecule has 1 aliphatic rings. The first kappa shape index (κ1) is 11.3. The van der Waals surface area contributed by atoms with Gasteiger partial charge in [-0.05, 0) is 37.0 Å². The molecule has 1 aromatic carbocycles. The molecular weight excluding hydrogens is 198 g/mol. The van der Waals surface area contributed by atoms with Crippen LogP contribution in [0.5, 0.6) is 0 Å². The van der Waals surface area contributed by atoms with Crippen molar-refractivity contribution in [2.75, 3.05) is 13.1 Å². The first-order valence-electron chi connectivity index (χ1n) is 5.96. The van der Waals surface area contributed by atoms with Crippen molar-refractivity contribution in [2.24, 2.45) is 5.92 Å². The van der Waals surface area contributed by atoms with E-state index in [1.54, 1.807) is 0 Å². The molecule has 1 atom stereocenters. The van der Waals surface area contributed by atoms with Gasteiger partial charge in [0.1, 0.15) is 5.78 Å². The van der Waals surface area contributed by atoms with E-state index in [0.717, 1.165) is 19.5 Å². The smallest absolute Gasteiger partial charge is 0.138 e.